The molecule has 2 unspecified atom stereocenters. The number of rotatable bonds is 4. The minimum atomic E-state index is 0.352. The summed E-state index contributed by atoms with van der Waals surface area (Å²) in [7, 11) is 0. The normalized spacial score (nSPS) is 31.1. The van der Waals surface area contributed by atoms with Crippen molar-refractivity contribution in [3.8, 4) is 0 Å². The largest absolute Gasteiger partial charge is 0.326 e. The second-order valence-electron chi connectivity index (χ2n) is 4.81. The average Bonchev–Trinajstić information content (AvgIpc) is 2.87. The van der Waals surface area contributed by atoms with Gasteiger partial charge in [-0.05, 0) is 38.3 Å². The topological polar surface area (TPSA) is 50.1 Å². The van der Waals surface area contributed by atoms with Gasteiger partial charge in [-0.15, -0.1) is 0 Å². The van der Waals surface area contributed by atoms with E-state index in [4.69, 9.17) is 5.73 Å². The summed E-state index contributed by atoms with van der Waals surface area (Å²) >= 11 is 0. The van der Waals surface area contributed by atoms with Gasteiger partial charge in [0.25, 0.3) is 0 Å². The van der Waals surface area contributed by atoms with Crippen molar-refractivity contribution in [1.82, 2.24) is 10.6 Å². The highest BCUT2D eigenvalue weighted by Crippen LogP contribution is 2.18. The molecule has 1 aliphatic heterocycles. The van der Waals surface area contributed by atoms with Crippen LogP contribution in [0.4, 0.5) is 0 Å². The molecule has 14 heavy (non-hydrogen) atoms. The summed E-state index contributed by atoms with van der Waals surface area (Å²) in [5.74, 6) is 0.698. The van der Waals surface area contributed by atoms with Gasteiger partial charge in [-0.1, -0.05) is 12.8 Å². The molecule has 2 fully saturated rings. The fourth-order valence-electron chi connectivity index (χ4n) is 2.64. The molecule has 1 saturated heterocycles. The Balaban J connectivity index is 1.63. The maximum Gasteiger partial charge on any atom is 0.0206 e. The monoisotopic (exact) mass is 197 g/mol. The van der Waals surface area contributed by atoms with Crippen LogP contribution in [0.1, 0.15) is 32.1 Å². The van der Waals surface area contributed by atoms with Crippen molar-refractivity contribution in [3.05, 3.63) is 0 Å². The molecule has 0 aromatic heterocycles. The first-order chi connectivity index (χ1) is 6.86. The van der Waals surface area contributed by atoms with Gasteiger partial charge in [0.1, 0.15) is 0 Å². The summed E-state index contributed by atoms with van der Waals surface area (Å²) in [5.41, 5.74) is 6.15. The highest BCUT2D eigenvalue weighted by molar-refractivity contribution is 4.84. The Kier molecular flexibility index (Phi) is 3.79. The molecule has 0 amide bonds. The standard InChI is InChI=1S/C11H23N3/c12-11(9-5-6-13-7-9)8-14-10-3-1-2-4-10/h9-11,13-14H,1-8,12H2. The van der Waals surface area contributed by atoms with Gasteiger partial charge in [-0.3, -0.25) is 0 Å². The Morgan fingerprint density at radius 3 is 2.71 bits per heavy atom. The van der Waals surface area contributed by atoms with Crippen molar-refractivity contribution in [1.29, 1.82) is 0 Å². The highest BCUT2D eigenvalue weighted by Gasteiger charge is 2.22. The maximum atomic E-state index is 6.15. The van der Waals surface area contributed by atoms with E-state index in [1.807, 2.05) is 0 Å². The third-order valence-corrected chi connectivity index (χ3v) is 3.70. The Labute approximate surface area is 86.8 Å². The number of nitrogens with one attached hydrogen (secondary N) is 2. The predicted octanol–water partition coefficient (Wildman–Crippen LogP) is 0.455. The molecule has 0 spiro atoms. The van der Waals surface area contributed by atoms with Crippen molar-refractivity contribution in [3.63, 3.8) is 0 Å². The van der Waals surface area contributed by atoms with Gasteiger partial charge in [0.2, 0.25) is 0 Å². The van der Waals surface area contributed by atoms with Crippen LogP contribution in [0.3, 0.4) is 0 Å². The van der Waals surface area contributed by atoms with Crippen LogP contribution in [0.25, 0.3) is 0 Å². The lowest BCUT2D eigenvalue weighted by atomic mass is 9.99. The minimum absolute atomic E-state index is 0.352. The minimum Gasteiger partial charge on any atom is -0.326 e. The highest BCUT2D eigenvalue weighted by atomic mass is 15.0. The molecule has 3 nitrogen and oxygen atoms in total. The van der Waals surface area contributed by atoms with Crippen LogP contribution in [-0.4, -0.2) is 31.7 Å². The molecule has 2 rings (SSSR count). The molecule has 0 aromatic rings. The number of hydrogen-bond acceptors (Lipinski definition) is 3. The molecule has 1 aliphatic carbocycles. The molecule has 1 saturated carbocycles. The molecular weight excluding hydrogens is 174 g/mol. The van der Waals surface area contributed by atoms with Crippen LogP contribution < -0.4 is 16.4 Å². The van der Waals surface area contributed by atoms with Crippen LogP contribution in [-0.2, 0) is 0 Å². The first-order valence-electron chi connectivity index (χ1n) is 6.06. The fraction of sp³-hybridized carbons (Fsp3) is 1.00. The summed E-state index contributed by atoms with van der Waals surface area (Å²) < 4.78 is 0. The summed E-state index contributed by atoms with van der Waals surface area (Å²) in [6.07, 6.45) is 6.77. The lowest BCUT2D eigenvalue weighted by Gasteiger charge is -2.21. The molecule has 1 heterocycles. The van der Waals surface area contributed by atoms with E-state index >= 15 is 0 Å². The predicted molar refractivity (Wildman–Crippen MR) is 59.2 cm³/mol. The molecule has 2 atom stereocenters. The number of nitrogens with two attached hydrogens (primary N) is 1. The fourth-order valence-corrected chi connectivity index (χ4v) is 2.64. The van der Waals surface area contributed by atoms with E-state index in [1.165, 1.54) is 32.1 Å². The maximum absolute atomic E-state index is 6.15. The van der Waals surface area contributed by atoms with Crippen LogP contribution in [0.2, 0.25) is 0 Å². The van der Waals surface area contributed by atoms with Crippen molar-refractivity contribution < 1.29 is 0 Å². The first kappa shape index (κ1) is 10.4. The molecule has 3 heteroatoms. The first-order valence-corrected chi connectivity index (χ1v) is 6.06. The molecular formula is C11H23N3. The van der Waals surface area contributed by atoms with E-state index in [9.17, 15) is 0 Å². The van der Waals surface area contributed by atoms with Gasteiger partial charge >= 0.3 is 0 Å². The van der Waals surface area contributed by atoms with E-state index in [0.717, 1.165) is 25.7 Å². The third kappa shape index (κ3) is 2.69. The van der Waals surface area contributed by atoms with E-state index < -0.39 is 0 Å². The third-order valence-electron chi connectivity index (χ3n) is 3.70. The van der Waals surface area contributed by atoms with Crippen LogP contribution in [0, 0.1) is 5.92 Å². The Morgan fingerprint density at radius 2 is 2.07 bits per heavy atom. The molecule has 4 N–H and O–H groups in total. The zero-order chi connectivity index (χ0) is 9.80. The summed E-state index contributed by atoms with van der Waals surface area (Å²) in [6, 6.07) is 1.11. The lowest BCUT2D eigenvalue weighted by Crippen LogP contribution is -2.43. The van der Waals surface area contributed by atoms with Gasteiger partial charge in [0, 0.05) is 18.6 Å². The van der Waals surface area contributed by atoms with Gasteiger partial charge in [-0.2, -0.15) is 0 Å². The average molecular weight is 197 g/mol. The van der Waals surface area contributed by atoms with Crippen molar-refractivity contribution in [2.24, 2.45) is 11.7 Å². The second-order valence-corrected chi connectivity index (χ2v) is 4.81. The molecule has 0 radical (unpaired) electrons. The van der Waals surface area contributed by atoms with Crippen molar-refractivity contribution >= 4 is 0 Å². The molecule has 82 valence electrons. The van der Waals surface area contributed by atoms with E-state index in [1.54, 1.807) is 0 Å². The summed E-state index contributed by atoms with van der Waals surface area (Å²) in [5, 5.41) is 6.98. The summed E-state index contributed by atoms with van der Waals surface area (Å²) in [4.78, 5) is 0. The van der Waals surface area contributed by atoms with E-state index in [0.29, 0.717) is 12.0 Å². The van der Waals surface area contributed by atoms with Gasteiger partial charge in [0.15, 0.2) is 0 Å². The number of hydrogen-bond donors (Lipinski definition) is 3. The van der Waals surface area contributed by atoms with Crippen LogP contribution >= 0.6 is 0 Å². The smallest absolute Gasteiger partial charge is 0.0206 e. The Bertz CT molecular complexity index is 160. The zero-order valence-electron chi connectivity index (χ0n) is 8.97. The van der Waals surface area contributed by atoms with Gasteiger partial charge in [-0.25, -0.2) is 0 Å². The van der Waals surface area contributed by atoms with Gasteiger partial charge in [0.05, 0.1) is 0 Å². The van der Waals surface area contributed by atoms with Crippen molar-refractivity contribution in [2.75, 3.05) is 19.6 Å². The van der Waals surface area contributed by atoms with E-state index in [-0.39, 0.29) is 0 Å². The van der Waals surface area contributed by atoms with E-state index in [2.05, 4.69) is 10.6 Å². The van der Waals surface area contributed by atoms with Gasteiger partial charge < -0.3 is 16.4 Å². The zero-order valence-corrected chi connectivity index (χ0v) is 8.97. The summed E-state index contributed by atoms with van der Waals surface area (Å²) in [6.45, 7) is 3.28. The molecule has 0 bridgehead atoms. The molecule has 0 aromatic carbocycles. The quantitative estimate of drug-likeness (QED) is 0.613. The van der Waals surface area contributed by atoms with Crippen LogP contribution in [0.5, 0.6) is 0 Å². The SMILES string of the molecule is NC(CNC1CCCC1)C1CCNC1. The Hall–Kier alpha value is -0.120. The molecule has 2 aliphatic rings. The van der Waals surface area contributed by atoms with Crippen molar-refractivity contribution in [2.45, 2.75) is 44.2 Å². The Morgan fingerprint density at radius 1 is 1.29 bits per heavy atom. The lowest BCUT2D eigenvalue weighted by molar-refractivity contribution is 0.401. The second kappa shape index (κ2) is 5.10. The van der Waals surface area contributed by atoms with Crippen LogP contribution in [0.15, 0.2) is 0 Å².